The van der Waals surface area contributed by atoms with Gasteiger partial charge in [0.1, 0.15) is 0 Å². The van der Waals surface area contributed by atoms with Gasteiger partial charge in [-0.25, -0.2) is 0 Å². The van der Waals surface area contributed by atoms with Crippen LogP contribution in [0, 0.1) is 6.92 Å². The molecule has 0 amide bonds. The van der Waals surface area contributed by atoms with Gasteiger partial charge in [-0.3, -0.25) is 4.68 Å². The number of halogens is 1. The van der Waals surface area contributed by atoms with Crippen LogP contribution in [0.25, 0.3) is 0 Å². The van der Waals surface area contributed by atoms with E-state index in [0.717, 1.165) is 31.6 Å². The second-order valence-electron chi connectivity index (χ2n) is 4.37. The molecule has 92 valence electrons. The Morgan fingerprint density at radius 2 is 2.12 bits per heavy atom. The Morgan fingerprint density at radius 3 is 2.69 bits per heavy atom. The van der Waals surface area contributed by atoms with E-state index in [1.165, 1.54) is 10.2 Å². The molecule has 0 radical (unpaired) electrons. The number of hydrogen-bond acceptors (Lipinski definition) is 2. The molecule has 1 aromatic heterocycles. The topological polar surface area (TPSA) is 29.9 Å². The van der Waals surface area contributed by atoms with Crippen LogP contribution in [0.2, 0.25) is 0 Å². The Bertz CT molecular complexity index is 331. The Hall–Kier alpha value is -0.350. The first-order valence-corrected chi connectivity index (χ1v) is 6.80. The highest BCUT2D eigenvalue weighted by atomic mass is 79.9. The third-order valence-electron chi connectivity index (χ3n) is 2.60. The lowest BCUT2D eigenvalue weighted by Crippen LogP contribution is -2.24. The van der Waals surface area contributed by atoms with Gasteiger partial charge in [-0.1, -0.05) is 13.8 Å². The molecule has 1 heterocycles. The van der Waals surface area contributed by atoms with Crippen molar-refractivity contribution in [3.05, 3.63) is 15.9 Å². The largest absolute Gasteiger partial charge is 0.315 e. The Balaban J connectivity index is 2.52. The van der Waals surface area contributed by atoms with Gasteiger partial charge in [-0.15, -0.1) is 0 Å². The van der Waals surface area contributed by atoms with E-state index < -0.39 is 0 Å². The maximum absolute atomic E-state index is 4.49. The van der Waals surface area contributed by atoms with Crippen LogP contribution in [0.3, 0.4) is 0 Å². The second-order valence-corrected chi connectivity index (χ2v) is 5.17. The molecule has 0 spiro atoms. The predicted molar refractivity (Wildman–Crippen MR) is 71.8 cm³/mol. The number of nitrogens with one attached hydrogen (secondary N) is 1. The van der Waals surface area contributed by atoms with E-state index >= 15 is 0 Å². The molecule has 0 bridgehead atoms. The zero-order chi connectivity index (χ0) is 12.1. The summed E-state index contributed by atoms with van der Waals surface area (Å²) < 4.78 is 3.27. The second kappa shape index (κ2) is 6.40. The number of aryl methyl sites for hydroxylation is 2. The minimum atomic E-state index is 0.571. The van der Waals surface area contributed by atoms with Gasteiger partial charge in [-0.2, -0.15) is 5.10 Å². The lowest BCUT2D eigenvalue weighted by molar-refractivity contribution is 0.552. The summed E-state index contributed by atoms with van der Waals surface area (Å²) in [5.74, 6) is 0. The highest BCUT2D eigenvalue weighted by molar-refractivity contribution is 9.10. The first-order valence-electron chi connectivity index (χ1n) is 6.01. The van der Waals surface area contributed by atoms with Crippen molar-refractivity contribution in [2.45, 2.75) is 53.1 Å². The zero-order valence-corrected chi connectivity index (χ0v) is 12.3. The minimum Gasteiger partial charge on any atom is -0.315 e. The fourth-order valence-corrected chi connectivity index (χ4v) is 2.24. The molecule has 0 unspecified atom stereocenters. The quantitative estimate of drug-likeness (QED) is 0.816. The van der Waals surface area contributed by atoms with Gasteiger partial charge in [0.25, 0.3) is 0 Å². The van der Waals surface area contributed by atoms with Crippen LogP contribution in [-0.4, -0.2) is 22.4 Å². The minimum absolute atomic E-state index is 0.571. The first-order chi connectivity index (χ1) is 7.56. The van der Waals surface area contributed by atoms with E-state index in [4.69, 9.17) is 0 Å². The van der Waals surface area contributed by atoms with Gasteiger partial charge in [0, 0.05) is 12.6 Å². The van der Waals surface area contributed by atoms with E-state index in [1.54, 1.807) is 0 Å². The molecule has 0 saturated carbocycles. The van der Waals surface area contributed by atoms with Crippen molar-refractivity contribution in [1.29, 1.82) is 0 Å². The molecule has 0 aliphatic heterocycles. The van der Waals surface area contributed by atoms with Crippen LogP contribution >= 0.6 is 15.9 Å². The van der Waals surface area contributed by atoms with Crippen molar-refractivity contribution in [2.24, 2.45) is 0 Å². The van der Waals surface area contributed by atoms with Crippen LogP contribution < -0.4 is 5.32 Å². The molecule has 0 aromatic carbocycles. The normalized spacial score (nSPS) is 11.4. The van der Waals surface area contributed by atoms with Crippen molar-refractivity contribution in [2.75, 3.05) is 6.54 Å². The molecule has 4 heteroatoms. The molecule has 0 fully saturated rings. The van der Waals surface area contributed by atoms with E-state index in [2.05, 4.69) is 51.8 Å². The van der Waals surface area contributed by atoms with Crippen molar-refractivity contribution >= 4 is 15.9 Å². The zero-order valence-electron chi connectivity index (χ0n) is 10.7. The summed E-state index contributed by atoms with van der Waals surface area (Å²) in [4.78, 5) is 0. The Morgan fingerprint density at radius 1 is 1.44 bits per heavy atom. The molecule has 0 aliphatic carbocycles. The van der Waals surface area contributed by atoms with E-state index in [9.17, 15) is 0 Å². The fourth-order valence-electron chi connectivity index (χ4n) is 1.75. The predicted octanol–water partition coefficient (Wildman–Crippen LogP) is 2.90. The van der Waals surface area contributed by atoms with E-state index in [0.29, 0.717) is 6.04 Å². The molecule has 0 saturated heterocycles. The van der Waals surface area contributed by atoms with Crippen molar-refractivity contribution in [3.63, 3.8) is 0 Å². The third kappa shape index (κ3) is 3.59. The molecule has 1 rings (SSSR count). The van der Waals surface area contributed by atoms with Crippen molar-refractivity contribution in [3.8, 4) is 0 Å². The molecular formula is C12H22BrN3. The summed E-state index contributed by atoms with van der Waals surface area (Å²) >= 11 is 3.62. The summed E-state index contributed by atoms with van der Waals surface area (Å²) in [6, 6.07) is 0.571. The third-order valence-corrected chi connectivity index (χ3v) is 3.63. The highest BCUT2D eigenvalue weighted by Gasteiger charge is 2.11. The number of rotatable bonds is 6. The average molecular weight is 288 g/mol. The lowest BCUT2D eigenvalue weighted by atomic mass is 10.2. The molecule has 1 aromatic rings. The SMILES string of the molecule is CCn1nc(C)c(Br)c1CCCNC(C)C. The van der Waals surface area contributed by atoms with Crippen LogP contribution in [0.4, 0.5) is 0 Å². The molecular weight excluding hydrogens is 266 g/mol. The van der Waals surface area contributed by atoms with Crippen molar-refractivity contribution in [1.82, 2.24) is 15.1 Å². The molecule has 3 nitrogen and oxygen atoms in total. The molecule has 0 aliphatic rings. The standard InChI is InChI=1S/C12H22BrN3/c1-5-16-11(12(13)10(4)15-16)7-6-8-14-9(2)3/h9,14H,5-8H2,1-4H3. The van der Waals surface area contributed by atoms with E-state index in [-0.39, 0.29) is 0 Å². The fraction of sp³-hybridized carbons (Fsp3) is 0.750. The Labute approximate surface area is 107 Å². The number of nitrogens with zero attached hydrogens (tertiary/aromatic N) is 2. The summed E-state index contributed by atoms with van der Waals surface area (Å²) in [5.41, 5.74) is 2.42. The van der Waals surface area contributed by atoms with Crippen LogP contribution in [-0.2, 0) is 13.0 Å². The van der Waals surface area contributed by atoms with Gasteiger partial charge in [0.15, 0.2) is 0 Å². The van der Waals surface area contributed by atoms with Crippen LogP contribution in [0.5, 0.6) is 0 Å². The average Bonchev–Trinajstić information content (AvgIpc) is 2.50. The highest BCUT2D eigenvalue weighted by Crippen LogP contribution is 2.22. The summed E-state index contributed by atoms with van der Waals surface area (Å²) in [7, 11) is 0. The Kier molecular flexibility index (Phi) is 5.49. The lowest BCUT2D eigenvalue weighted by Gasteiger charge is -2.08. The van der Waals surface area contributed by atoms with Crippen LogP contribution in [0.15, 0.2) is 4.47 Å². The number of aromatic nitrogens is 2. The smallest absolute Gasteiger partial charge is 0.0738 e. The first kappa shape index (κ1) is 13.7. The maximum Gasteiger partial charge on any atom is 0.0738 e. The van der Waals surface area contributed by atoms with Gasteiger partial charge in [0.2, 0.25) is 0 Å². The molecule has 16 heavy (non-hydrogen) atoms. The van der Waals surface area contributed by atoms with Gasteiger partial charge in [-0.05, 0) is 49.2 Å². The van der Waals surface area contributed by atoms with Gasteiger partial charge in [0.05, 0.1) is 15.9 Å². The summed E-state index contributed by atoms with van der Waals surface area (Å²) in [6.07, 6.45) is 2.23. The van der Waals surface area contributed by atoms with Gasteiger partial charge < -0.3 is 5.32 Å². The molecule has 1 N–H and O–H groups in total. The van der Waals surface area contributed by atoms with E-state index in [1.807, 2.05) is 6.92 Å². The maximum atomic E-state index is 4.49. The summed E-state index contributed by atoms with van der Waals surface area (Å²) in [6.45, 7) is 10.5. The number of hydrogen-bond donors (Lipinski definition) is 1. The summed E-state index contributed by atoms with van der Waals surface area (Å²) in [5, 5.41) is 7.93. The van der Waals surface area contributed by atoms with Crippen molar-refractivity contribution < 1.29 is 0 Å². The van der Waals surface area contributed by atoms with Crippen LogP contribution in [0.1, 0.15) is 38.6 Å². The molecule has 0 atom stereocenters. The monoisotopic (exact) mass is 287 g/mol. The van der Waals surface area contributed by atoms with Gasteiger partial charge >= 0.3 is 0 Å².